The monoisotopic (exact) mass is 396 g/mol. The van der Waals surface area contributed by atoms with Crippen molar-refractivity contribution in [1.29, 1.82) is 0 Å². The van der Waals surface area contributed by atoms with Crippen LogP contribution in [0.2, 0.25) is 5.02 Å². The molecule has 5 nitrogen and oxygen atoms in total. The molecule has 3 aromatic rings. The summed E-state index contributed by atoms with van der Waals surface area (Å²) in [6.45, 7) is 7.38. The fourth-order valence-electron chi connectivity index (χ4n) is 2.39. The van der Waals surface area contributed by atoms with E-state index in [0.29, 0.717) is 16.6 Å². The third kappa shape index (κ3) is 4.61. The zero-order valence-corrected chi connectivity index (χ0v) is 16.0. The highest BCUT2D eigenvalue weighted by Gasteiger charge is 2.13. The first-order chi connectivity index (χ1) is 13.1. The molecule has 0 saturated heterocycles. The van der Waals surface area contributed by atoms with Crippen LogP contribution in [0.1, 0.15) is 20.9 Å². The predicted octanol–water partition coefficient (Wildman–Crippen LogP) is 5.05. The topological polar surface area (TPSA) is 59.8 Å². The number of carbonyl (C=O) groups excluding carboxylic acids is 1. The number of anilines is 1. The van der Waals surface area contributed by atoms with Crippen molar-refractivity contribution in [3.63, 3.8) is 0 Å². The molecule has 27 heavy (non-hydrogen) atoms. The third-order valence-electron chi connectivity index (χ3n) is 3.68. The second-order valence-electron chi connectivity index (χ2n) is 5.53. The number of allylic oxidation sites excluding steroid dienone is 4. The van der Waals surface area contributed by atoms with Gasteiger partial charge >= 0.3 is 0 Å². The summed E-state index contributed by atoms with van der Waals surface area (Å²) in [6, 6.07) is 9.30. The Morgan fingerprint density at radius 1 is 1.30 bits per heavy atom. The van der Waals surface area contributed by atoms with Crippen molar-refractivity contribution in [2.24, 2.45) is 0 Å². The van der Waals surface area contributed by atoms with E-state index in [0.717, 1.165) is 16.1 Å². The summed E-state index contributed by atoms with van der Waals surface area (Å²) >= 11 is 7.60. The molecular weight excluding hydrogens is 380 g/mol. The first-order valence-electron chi connectivity index (χ1n) is 8.11. The van der Waals surface area contributed by atoms with E-state index < -0.39 is 0 Å². The molecule has 0 spiro atoms. The molecule has 1 N–H and O–H groups in total. The van der Waals surface area contributed by atoms with Gasteiger partial charge in [-0.1, -0.05) is 49.0 Å². The molecule has 0 unspecified atom stereocenters. The van der Waals surface area contributed by atoms with Crippen molar-refractivity contribution in [3.05, 3.63) is 95.3 Å². The number of carbonyl (C=O) groups is 1. The number of halogens is 1. The van der Waals surface area contributed by atoms with Crippen molar-refractivity contribution in [2.75, 3.05) is 5.32 Å². The Labute approximate surface area is 166 Å². The van der Waals surface area contributed by atoms with Gasteiger partial charge in [-0.3, -0.25) is 10.1 Å². The number of benzene rings is 1. The lowest BCUT2D eigenvalue weighted by molar-refractivity contribution is 0.102. The van der Waals surface area contributed by atoms with Crippen molar-refractivity contribution in [3.8, 4) is 0 Å². The lowest BCUT2D eigenvalue weighted by Gasteiger charge is -2.01. The molecule has 3 rings (SSSR count). The molecule has 7 heteroatoms. The van der Waals surface area contributed by atoms with Crippen LogP contribution < -0.4 is 5.32 Å². The van der Waals surface area contributed by atoms with Crippen molar-refractivity contribution in [1.82, 2.24) is 14.8 Å². The Bertz CT molecular complexity index is 1020. The SMILES string of the molecule is C=C/C=C(\C=C)n1ccc(C(=O)Nc2ncc(Cc3ccccc3Cl)s2)n1. The Kier molecular flexibility index (Phi) is 6.01. The van der Waals surface area contributed by atoms with Crippen molar-refractivity contribution in [2.45, 2.75) is 6.42 Å². The van der Waals surface area contributed by atoms with Gasteiger partial charge in [-0.15, -0.1) is 11.3 Å². The minimum absolute atomic E-state index is 0.287. The van der Waals surface area contributed by atoms with Gasteiger partial charge in [0.25, 0.3) is 5.91 Å². The first kappa shape index (κ1) is 18.8. The van der Waals surface area contributed by atoms with Crippen LogP contribution in [-0.2, 0) is 6.42 Å². The Hall–Kier alpha value is -2.96. The highest BCUT2D eigenvalue weighted by molar-refractivity contribution is 7.15. The maximum atomic E-state index is 12.4. The second kappa shape index (κ2) is 8.62. The normalized spacial score (nSPS) is 11.2. The van der Waals surface area contributed by atoms with Gasteiger partial charge in [0.1, 0.15) is 0 Å². The fraction of sp³-hybridized carbons (Fsp3) is 0.0500. The lowest BCUT2D eigenvalue weighted by atomic mass is 10.1. The zero-order chi connectivity index (χ0) is 19.2. The molecule has 0 aliphatic rings. The van der Waals surface area contributed by atoms with E-state index >= 15 is 0 Å². The number of nitrogens with one attached hydrogen (secondary N) is 1. The van der Waals surface area contributed by atoms with Crippen LogP contribution in [0.5, 0.6) is 0 Å². The van der Waals surface area contributed by atoms with Crippen LogP contribution in [0.3, 0.4) is 0 Å². The molecular formula is C20H17ClN4OS. The molecule has 2 aromatic heterocycles. The summed E-state index contributed by atoms with van der Waals surface area (Å²) in [5, 5.41) is 8.27. The number of aromatic nitrogens is 3. The summed E-state index contributed by atoms with van der Waals surface area (Å²) in [5.74, 6) is -0.325. The quantitative estimate of drug-likeness (QED) is 0.568. The third-order valence-corrected chi connectivity index (χ3v) is 4.96. The fourth-order valence-corrected chi connectivity index (χ4v) is 3.42. The van der Waals surface area contributed by atoms with Crippen LogP contribution in [0, 0.1) is 0 Å². The van der Waals surface area contributed by atoms with Crippen LogP contribution in [-0.4, -0.2) is 20.7 Å². The molecule has 136 valence electrons. The maximum absolute atomic E-state index is 12.4. The minimum Gasteiger partial charge on any atom is -0.296 e. The summed E-state index contributed by atoms with van der Waals surface area (Å²) in [4.78, 5) is 17.7. The van der Waals surface area contributed by atoms with Crippen LogP contribution in [0.25, 0.3) is 5.70 Å². The van der Waals surface area contributed by atoms with Crippen molar-refractivity contribution < 1.29 is 4.79 Å². The van der Waals surface area contributed by atoms with Gasteiger partial charge in [0, 0.05) is 28.7 Å². The average Bonchev–Trinajstić information content (AvgIpc) is 3.31. The molecule has 0 aliphatic heterocycles. The molecule has 0 saturated carbocycles. The van der Waals surface area contributed by atoms with Gasteiger partial charge in [0.2, 0.25) is 0 Å². The summed E-state index contributed by atoms with van der Waals surface area (Å²) in [6.07, 6.45) is 9.12. The number of hydrogen-bond acceptors (Lipinski definition) is 4. The second-order valence-corrected chi connectivity index (χ2v) is 7.05. The molecule has 0 atom stereocenters. The largest absolute Gasteiger partial charge is 0.296 e. The van der Waals surface area contributed by atoms with Crippen molar-refractivity contribution >= 4 is 39.7 Å². The number of rotatable bonds is 7. The number of amides is 1. The Balaban J connectivity index is 1.69. The Morgan fingerprint density at radius 2 is 2.11 bits per heavy atom. The summed E-state index contributed by atoms with van der Waals surface area (Å²) in [5.41, 5.74) is 2.03. The van der Waals surface area contributed by atoms with Gasteiger partial charge in [-0.25, -0.2) is 9.67 Å². The average molecular weight is 397 g/mol. The first-order valence-corrected chi connectivity index (χ1v) is 9.31. The van der Waals surface area contributed by atoms with E-state index in [9.17, 15) is 4.79 Å². The van der Waals surface area contributed by atoms with E-state index in [1.807, 2.05) is 24.3 Å². The summed E-state index contributed by atoms with van der Waals surface area (Å²) in [7, 11) is 0. The van der Waals surface area contributed by atoms with Gasteiger partial charge in [-0.05, 0) is 29.8 Å². The highest BCUT2D eigenvalue weighted by Crippen LogP contribution is 2.25. The van der Waals surface area contributed by atoms with Gasteiger partial charge in [0.15, 0.2) is 10.8 Å². The van der Waals surface area contributed by atoms with Crippen LogP contribution in [0.15, 0.2) is 74.1 Å². The lowest BCUT2D eigenvalue weighted by Crippen LogP contribution is -2.13. The zero-order valence-electron chi connectivity index (χ0n) is 14.4. The standard InChI is InChI=1S/C20H17ClN4OS/c1-3-7-15(4-2)25-11-10-18(24-25)19(26)23-20-22-13-16(27-20)12-14-8-5-6-9-17(14)21/h3-11,13H,1-2,12H2,(H,22,23,26)/b15-7+. The van der Waals surface area contributed by atoms with E-state index in [4.69, 9.17) is 11.6 Å². The smallest absolute Gasteiger partial charge is 0.277 e. The Morgan fingerprint density at radius 3 is 2.85 bits per heavy atom. The number of nitrogens with zero attached hydrogens (tertiary/aromatic N) is 3. The molecule has 1 amide bonds. The highest BCUT2D eigenvalue weighted by atomic mass is 35.5. The van der Waals surface area contributed by atoms with Gasteiger partial charge in [-0.2, -0.15) is 5.10 Å². The van der Waals surface area contributed by atoms with E-state index in [-0.39, 0.29) is 11.6 Å². The van der Waals surface area contributed by atoms with Gasteiger partial charge < -0.3 is 0 Å². The van der Waals surface area contributed by atoms with Crippen LogP contribution >= 0.6 is 22.9 Å². The van der Waals surface area contributed by atoms with E-state index in [2.05, 4.69) is 28.6 Å². The minimum atomic E-state index is -0.325. The summed E-state index contributed by atoms with van der Waals surface area (Å²) < 4.78 is 1.56. The number of hydrogen-bond donors (Lipinski definition) is 1. The molecule has 0 bridgehead atoms. The number of thiazole rings is 1. The maximum Gasteiger partial charge on any atom is 0.277 e. The van der Waals surface area contributed by atoms with Crippen LogP contribution in [0.4, 0.5) is 5.13 Å². The molecule has 2 heterocycles. The molecule has 0 aliphatic carbocycles. The molecule has 1 aromatic carbocycles. The predicted molar refractivity (Wildman–Crippen MR) is 111 cm³/mol. The molecule has 0 fully saturated rings. The molecule has 0 radical (unpaired) electrons. The van der Waals surface area contributed by atoms with E-state index in [1.165, 1.54) is 11.3 Å². The van der Waals surface area contributed by atoms with Gasteiger partial charge in [0.05, 0.1) is 5.70 Å². The van der Waals surface area contributed by atoms with E-state index in [1.54, 1.807) is 41.4 Å².